The molecule has 3 aliphatic rings. The second kappa shape index (κ2) is 2.98. The van der Waals surface area contributed by atoms with Crippen LogP contribution in [0.25, 0.3) is 0 Å². The minimum Gasteiger partial charge on any atom is -0.388 e. The van der Waals surface area contributed by atoms with E-state index in [-0.39, 0.29) is 5.41 Å². The van der Waals surface area contributed by atoms with E-state index in [1.807, 2.05) is 0 Å². The Balaban J connectivity index is 1.97. The molecule has 15 heavy (non-hydrogen) atoms. The van der Waals surface area contributed by atoms with Crippen LogP contribution in [0.2, 0.25) is 0 Å². The first-order valence-electron chi connectivity index (χ1n) is 6.34. The molecule has 3 rings (SSSR count). The Morgan fingerprint density at radius 1 is 1.20 bits per heavy atom. The van der Waals surface area contributed by atoms with Gasteiger partial charge in [-0.1, -0.05) is 19.3 Å². The normalized spacial score (nSPS) is 46.9. The van der Waals surface area contributed by atoms with Crippen LogP contribution >= 0.6 is 0 Å². The van der Waals surface area contributed by atoms with Crippen molar-refractivity contribution in [1.29, 1.82) is 5.26 Å². The second-order valence-corrected chi connectivity index (χ2v) is 5.90. The van der Waals surface area contributed by atoms with Crippen molar-refractivity contribution in [3.8, 4) is 6.07 Å². The molecular weight excluding hydrogens is 186 g/mol. The van der Waals surface area contributed by atoms with Gasteiger partial charge >= 0.3 is 0 Å². The minimum absolute atomic E-state index is 0.369. The quantitative estimate of drug-likeness (QED) is 0.715. The molecule has 2 bridgehead atoms. The van der Waals surface area contributed by atoms with Gasteiger partial charge < -0.3 is 5.11 Å². The molecular formula is C13H19NO. The van der Waals surface area contributed by atoms with E-state index in [0.717, 1.165) is 38.0 Å². The van der Waals surface area contributed by atoms with Crippen LogP contribution in [0.1, 0.15) is 51.4 Å². The SMILES string of the molecule is N#CC1(C2(O)CCCC2)CC2CCC1C2. The Hall–Kier alpha value is -0.550. The van der Waals surface area contributed by atoms with Crippen LogP contribution in [0.15, 0.2) is 0 Å². The molecule has 0 aromatic carbocycles. The average molecular weight is 205 g/mol. The molecule has 0 saturated heterocycles. The van der Waals surface area contributed by atoms with E-state index < -0.39 is 5.60 Å². The third-order valence-corrected chi connectivity index (χ3v) is 5.31. The maximum atomic E-state index is 10.7. The Kier molecular flexibility index (Phi) is 1.92. The molecule has 3 atom stereocenters. The predicted octanol–water partition coefficient (Wildman–Crippen LogP) is 2.62. The van der Waals surface area contributed by atoms with Gasteiger partial charge in [-0.15, -0.1) is 0 Å². The molecule has 82 valence electrons. The molecule has 3 aliphatic carbocycles. The molecule has 1 N–H and O–H groups in total. The Bertz CT molecular complexity index is 313. The fraction of sp³-hybridized carbons (Fsp3) is 0.923. The fourth-order valence-electron chi connectivity index (χ4n) is 4.55. The highest BCUT2D eigenvalue weighted by molar-refractivity contribution is 5.21. The topological polar surface area (TPSA) is 44.0 Å². The number of fused-ring (bicyclic) bond motifs is 2. The van der Waals surface area contributed by atoms with Gasteiger partial charge in [0.25, 0.3) is 0 Å². The van der Waals surface area contributed by atoms with Gasteiger partial charge in [-0.05, 0) is 43.9 Å². The van der Waals surface area contributed by atoms with Crippen LogP contribution in [0, 0.1) is 28.6 Å². The van der Waals surface area contributed by atoms with Crippen molar-refractivity contribution in [2.45, 2.75) is 57.0 Å². The highest BCUT2D eigenvalue weighted by Crippen LogP contribution is 2.63. The van der Waals surface area contributed by atoms with Crippen LogP contribution in [0.3, 0.4) is 0 Å². The second-order valence-electron chi connectivity index (χ2n) is 5.90. The molecule has 0 radical (unpaired) electrons. The number of rotatable bonds is 1. The van der Waals surface area contributed by atoms with Gasteiger partial charge in [0.15, 0.2) is 0 Å². The number of nitrogens with zero attached hydrogens (tertiary/aromatic N) is 1. The lowest BCUT2D eigenvalue weighted by atomic mass is 9.62. The van der Waals surface area contributed by atoms with E-state index >= 15 is 0 Å². The van der Waals surface area contributed by atoms with Gasteiger partial charge in [-0.2, -0.15) is 5.26 Å². The fourth-order valence-corrected chi connectivity index (χ4v) is 4.55. The molecule has 0 aromatic rings. The molecule has 3 saturated carbocycles. The summed E-state index contributed by atoms with van der Waals surface area (Å²) in [5.74, 6) is 1.23. The van der Waals surface area contributed by atoms with Crippen LogP contribution < -0.4 is 0 Å². The van der Waals surface area contributed by atoms with Gasteiger partial charge in [-0.25, -0.2) is 0 Å². The largest absolute Gasteiger partial charge is 0.388 e. The molecule has 0 heterocycles. The Morgan fingerprint density at radius 3 is 2.40 bits per heavy atom. The summed E-state index contributed by atoms with van der Waals surface area (Å²) < 4.78 is 0. The first-order chi connectivity index (χ1) is 7.20. The zero-order valence-electron chi connectivity index (χ0n) is 9.21. The van der Waals surface area contributed by atoms with Crippen molar-refractivity contribution in [2.24, 2.45) is 17.3 Å². The van der Waals surface area contributed by atoms with Crippen molar-refractivity contribution < 1.29 is 5.11 Å². The Labute approximate surface area is 91.3 Å². The van der Waals surface area contributed by atoms with Crippen molar-refractivity contribution in [3.05, 3.63) is 0 Å². The molecule has 0 aromatic heterocycles. The Morgan fingerprint density at radius 2 is 1.93 bits per heavy atom. The summed E-state index contributed by atoms with van der Waals surface area (Å²) in [6.45, 7) is 0. The third kappa shape index (κ3) is 1.08. The molecule has 3 unspecified atom stereocenters. The first kappa shape index (κ1) is 9.66. The number of hydrogen-bond donors (Lipinski definition) is 1. The summed E-state index contributed by atoms with van der Waals surface area (Å²) in [6.07, 6.45) is 8.60. The summed E-state index contributed by atoms with van der Waals surface area (Å²) in [4.78, 5) is 0. The van der Waals surface area contributed by atoms with Gasteiger partial charge in [0, 0.05) is 0 Å². The summed E-state index contributed by atoms with van der Waals surface area (Å²) in [5, 5.41) is 20.3. The molecule has 2 nitrogen and oxygen atoms in total. The minimum atomic E-state index is -0.637. The van der Waals surface area contributed by atoms with E-state index in [1.54, 1.807) is 0 Å². The van der Waals surface area contributed by atoms with Crippen molar-refractivity contribution >= 4 is 0 Å². The van der Waals surface area contributed by atoms with E-state index in [1.165, 1.54) is 19.3 Å². The lowest BCUT2D eigenvalue weighted by molar-refractivity contribution is -0.0763. The summed E-state index contributed by atoms with van der Waals surface area (Å²) in [7, 11) is 0. The zero-order valence-corrected chi connectivity index (χ0v) is 9.21. The van der Waals surface area contributed by atoms with Crippen LogP contribution in [0.5, 0.6) is 0 Å². The lowest BCUT2D eigenvalue weighted by Gasteiger charge is -2.43. The van der Waals surface area contributed by atoms with Crippen molar-refractivity contribution in [3.63, 3.8) is 0 Å². The maximum absolute atomic E-state index is 10.7. The van der Waals surface area contributed by atoms with Crippen LogP contribution in [-0.4, -0.2) is 10.7 Å². The number of hydrogen-bond acceptors (Lipinski definition) is 2. The van der Waals surface area contributed by atoms with Gasteiger partial charge in [0.05, 0.1) is 17.1 Å². The number of nitriles is 1. The molecule has 0 aliphatic heterocycles. The highest BCUT2D eigenvalue weighted by Gasteiger charge is 2.62. The standard InChI is InChI=1S/C13H19NO/c14-9-12(13(15)5-1-2-6-13)8-10-3-4-11(12)7-10/h10-11,15H,1-8H2. The van der Waals surface area contributed by atoms with E-state index in [4.69, 9.17) is 0 Å². The zero-order chi connectivity index (χ0) is 10.5. The third-order valence-electron chi connectivity index (χ3n) is 5.31. The van der Waals surface area contributed by atoms with Crippen LogP contribution in [-0.2, 0) is 0 Å². The summed E-state index contributed by atoms with van der Waals surface area (Å²) in [5.41, 5.74) is -1.01. The van der Waals surface area contributed by atoms with E-state index in [2.05, 4.69) is 6.07 Å². The maximum Gasteiger partial charge on any atom is 0.0890 e. The smallest absolute Gasteiger partial charge is 0.0890 e. The van der Waals surface area contributed by atoms with Crippen molar-refractivity contribution in [2.75, 3.05) is 0 Å². The molecule has 0 amide bonds. The van der Waals surface area contributed by atoms with Gasteiger partial charge in [0.1, 0.15) is 0 Å². The highest BCUT2D eigenvalue weighted by atomic mass is 16.3. The average Bonchev–Trinajstić information content (AvgIpc) is 2.91. The monoisotopic (exact) mass is 205 g/mol. The summed E-state index contributed by atoms with van der Waals surface area (Å²) >= 11 is 0. The van der Waals surface area contributed by atoms with E-state index in [0.29, 0.717) is 5.92 Å². The van der Waals surface area contributed by atoms with Gasteiger partial charge in [0.2, 0.25) is 0 Å². The van der Waals surface area contributed by atoms with Crippen LogP contribution in [0.4, 0.5) is 0 Å². The van der Waals surface area contributed by atoms with Gasteiger partial charge in [-0.3, -0.25) is 0 Å². The van der Waals surface area contributed by atoms with Crippen molar-refractivity contribution in [1.82, 2.24) is 0 Å². The lowest BCUT2D eigenvalue weighted by Crippen LogP contribution is -2.48. The first-order valence-corrected chi connectivity index (χ1v) is 6.34. The predicted molar refractivity (Wildman–Crippen MR) is 56.9 cm³/mol. The molecule has 2 heteroatoms. The van der Waals surface area contributed by atoms with E-state index in [9.17, 15) is 10.4 Å². The molecule has 3 fully saturated rings. The summed E-state index contributed by atoms with van der Waals surface area (Å²) in [6, 6.07) is 2.54. The number of aliphatic hydroxyl groups is 1. The molecule has 0 spiro atoms.